The van der Waals surface area contributed by atoms with Gasteiger partial charge in [0, 0.05) is 19.5 Å². The van der Waals surface area contributed by atoms with Crippen LogP contribution in [0.4, 0.5) is 0 Å². The zero-order valence-electron chi connectivity index (χ0n) is 8.33. The van der Waals surface area contributed by atoms with Gasteiger partial charge in [-0.25, -0.2) is 0 Å². The van der Waals surface area contributed by atoms with E-state index in [4.69, 9.17) is 0 Å². The first-order chi connectivity index (χ1) is 6.27. The van der Waals surface area contributed by atoms with E-state index in [9.17, 15) is 4.79 Å². The van der Waals surface area contributed by atoms with Crippen LogP contribution in [0.3, 0.4) is 0 Å². The Morgan fingerprint density at radius 1 is 1.54 bits per heavy atom. The molecule has 0 spiro atoms. The Hall–Kier alpha value is -0.180. The molecule has 3 heteroatoms. The molecule has 0 aromatic heterocycles. The van der Waals surface area contributed by atoms with Crippen LogP contribution >= 0.6 is 12.6 Å². The summed E-state index contributed by atoms with van der Waals surface area (Å²) in [6.07, 6.45) is 4.28. The first-order valence-corrected chi connectivity index (χ1v) is 5.79. The van der Waals surface area contributed by atoms with Crippen LogP contribution in [0.5, 0.6) is 0 Å². The fraction of sp³-hybridized carbons (Fsp3) is 0.900. The van der Waals surface area contributed by atoms with Crippen molar-refractivity contribution in [2.24, 2.45) is 5.92 Å². The highest BCUT2D eigenvalue weighted by Gasteiger charge is 2.25. The summed E-state index contributed by atoms with van der Waals surface area (Å²) in [4.78, 5) is 13.6. The Balaban J connectivity index is 2.29. The van der Waals surface area contributed by atoms with Crippen molar-refractivity contribution in [3.05, 3.63) is 0 Å². The molecule has 13 heavy (non-hydrogen) atoms. The van der Waals surface area contributed by atoms with Crippen LogP contribution in [0, 0.1) is 5.92 Å². The second-order valence-electron chi connectivity index (χ2n) is 3.76. The third-order valence-electron chi connectivity index (χ3n) is 2.35. The normalized spacial score (nSPS) is 15.8. The number of nitrogens with zero attached hydrogens (tertiary/aromatic N) is 1. The van der Waals surface area contributed by atoms with E-state index in [1.807, 2.05) is 4.90 Å². The fourth-order valence-corrected chi connectivity index (χ4v) is 1.64. The molecule has 0 N–H and O–H groups in total. The Labute approximate surface area is 86.1 Å². The minimum absolute atomic E-state index is 0.281. The minimum atomic E-state index is 0.281. The fourth-order valence-electron chi connectivity index (χ4n) is 1.45. The van der Waals surface area contributed by atoms with Crippen LogP contribution in [0.25, 0.3) is 0 Å². The second kappa shape index (κ2) is 5.53. The Bertz CT molecular complexity index is 168. The lowest BCUT2D eigenvalue weighted by molar-refractivity contribution is -0.131. The van der Waals surface area contributed by atoms with Gasteiger partial charge in [-0.15, -0.1) is 0 Å². The van der Waals surface area contributed by atoms with E-state index in [2.05, 4.69) is 19.6 Å². The van der Waals surface area contributed by atoms with E-state index >= 15 is 0 Å². The number of thiol groups is 1. The summed E-state index contributed by atoms with van der Waals surface area (Å²) in [7, 11) is 0. The van der Waals surface area contributed by atoms with E-state index < -0.39 is 0 Å². The maximum absolute atomic E-state index is 11.6. The van der Waals surface area contributed by atoms with Gasteiger partial charge in [0.05, 0.1) is 0 Å². The molecule has 0 aromatic rings. The van der Waals surface area contributed by atoms with Gasteiger partial charge in [-0.05, 0) is 30.9 Å². The lowest BCUT2D eigenvalue weighted by atomic mass is 10.3. The molecule has 0 bridgehead atoms. The number of carbonyl (C=O) groups excluding carboxylic acids is 1. The molecule has 1 fully saturated rings. The van der Waals surface area contributed by atoms with E-state index in [-0.39, 0.29) is 5.91 Å². The van der Waals surface area contributed by atoms with Gasteiger partial charge in [-0.1, -0.05) is 6.92 Å². The number of rotatable bonds is 6. The van der Waals surface area contributed by atoms with Crippen molar-refractivity contribution in [1.29, 1.82) is 0 Å². The monoisotopic (exact) mass is 201 g/mol. The van der Waals surface area contributed by atoms with Gasteiger partial charge in [0.1, 0.15) is 0 Å². The van der Waals surface area contributed by atoms with Gasteiger partial charge in [0.25, 0.3) is 0 Å². The van der Waals surface area contributed by atoms with E-state index in [1.54, 1.807) is 0 Å². The van der Waals surface area contributed by atoms with Crippen molar-refractivity contribution in [2.75, 3.05) is 18.8 Å². The lowest BCUT2D eigenvalue weighted by Crippen LogP contribution is -2.33. The highest BCUT2D eigenvalue weighted by Crippen LogP contribution is 2.29. The molecule has 2 nitrogen and oxygen atoms in total. The van der Waals surface area contributed by atoms with Crippen LogP contribution in [-0.4, -0.2) is 29.6 Å². The van der Waals surface area contributed by atoms with Crippen molar-refractivity contribution in [1.82, 2.24) is 4.90 Å². The highest BCUT2D eigenvalue weighted by molar-refractivity contribution is 7.80. The Morgan fingerprint density at radius 2 is 2.23 bits per heavy atom. The number of hydrogen-bond acceptors (Lipinski definition) is 2. The summed E-state index contributed by atoms with van der Waals surface area (Å²) >= 11 is 4.08. The van der Waals surface area contributed by atoms with Gasteiger partial charge >= 0.3 is 0 Å². The molecule has 0 heterocycles. The third kappa shape index (κ3) is 4.03. The molecule has 0 unspecified atom stereocenters. The summed E-state index contributed by atoms with van der Waals surface area (Å²) in [6, 6.07) is 0. The molecule has 0 saturated heterocycles. The zero-order chi connectivity index (χ0) is 9.68. The lowest BCUT2D eigenvalue weighted by Gasteiger charge is -2.21. The molecule has 1 aliphatic carbocycles. The average molecular weight is 201 g/mol. The van der Waals surface area contributed by atoms with Crippen LogP contribution in [-0.2, 0) is 4.79 Å². The molecule has 1 rings (SSSR count). The molecule has 1 aliphatic rings. The first-order valence-electron chi connectivity index (χ1n) is 5.16. The van der Waals surface area contributed by atoms with Gasteiger partial charge in [0.15, 0.2) is 0 Å². The minimum Gasteiger partial charge on any atom is -0.342 e. The maximum atomic E-state index is 11.6. The van der Waals surface area contributed by atoms with Crippen molar-refractivity contribution in [3.8, 4) is 0 Å². The largest absolute Gasteiger partial charge is 0.342 e. The van der Waals surface area contributed by atoms with E-state index in [1.165, 1.54) is 12.8 Å². The average Bonchev–Trinajstić information content (AvgIpc) is 2.88. The van der Waals surface area contributed by atoms with Crippen molar-refractivity contribution in [3.63, 3.8) is 0 Å². The van der Waals surface area contributed by atoms with Gasteiger partial charge in [-0.3, -0.25) is 4.79 Å². The topological polar surface area (TPSA) is 20.3 Å². The quantitative estimate of drug-likeness (QED) is 0.651. The first kappa shape index (κ1) is 10.9. The van der Waals surface area contributed by atoms with Crippen LogP contribution in [0.1, 0.15) is 32.6 Å². The number of amides is 1. The standard InChI is InChI=1S/C10H19NOS/c1-2-6-11(8-9-3-4-9)10(12)5-7-13/h9,13H,2-8H2,1H3. The van der Waals surface area contributed by atoms with Crippen molar-refractivity contribution >= 4 is 18.5 Å². The maximum Gasteiger partial charge on any atom is 0.223 e. The second-order valence-corrected chi connectivity index (χ2v) is 4.20. The molecule has 1 amide bonds. The number of carbonyl (C=O) groups is 1. The third-order valence-corrected chi connectivity index (χ3v) is 2.57. The smallest absolute Gasteiger partial charge is 0.223 e. The van der Waals surface area contributed by atoms with Crippen LogP contribution < -0.4 is 0 Å². The van der Waals surface area contributed by atoms with Crippen LogP contribution in [0.2, 0.25) is 0 Å². The highest BCUT2D eigenvalue weighted by atomic mass is 32.1. The predicted molar refractivity (Wildman–Crippen MR) is 58.1 cm³/mol. The molecule has 76 valence electrons. The Morgan fingerprint density at radius 3 is 2.69 bits per heavy atom. The van der Waals surface area contributed by atoms with Crippen molar-refractivity contribution in [2.45, 2.75) is 32.6 Å². The predicted octanol–water partition coefficient (Wildman–Crippen LogP) is 1.95. The summed E-state index contributed by atoms with van der Waals surface area (Å²) in [5.41, 5.74) is 0. The molecular formula is C10H19NOS. The summed E-state index contributed by atoms with van der Waals surface area (Å²) < 4.78 is 0. The zero-order valence-corrected chi connectivity index (χ0v) is 9.22. The van der Waals surface area contributed by atoms with Gasteiger partial charge in [0.2, 0.25) is 5.91 Å². The molecular weight excluding hydrogens is 182 g/mol. The summed E-state index contributed by atoms with van der Waals surface area (Å²) in [5, 5.41) is 0. The van der Waals surface area contributed by atoms with Crippen molar-refractivity contribution < 1.29 is 4.79 Å². The Kier molecular flexibility index (Phi) is 4.64. The van der Waals surface area contributed by atoms with Gasteiger partial charge in [-0.2, -0.15) is 12.6 Å². The number of hydrogen-bond donors (Lipinski definition) is 1. The molecule has 0 atom stereocenters. The molecule has 0 aliphatic heterocycles. The molecule has 1 saturated carbocycles. The molecule has 0 aromatic carbocycles. The van der Waals surface area contributed by atoms with E-state index in [0.717, 1.165) is 25.4 Å². The van der Waals surface area contributed by atoms with Crippen LogP contribution in [0.15, 0.2) is 0 Å². The SMILES string of the molecule is CCCN(CC1CC1)C(=O)CCS. The summed E-state index contributed by atoms with van der Waals surface area (Å²) in [6.45, 7) is 4.03. The molecule has 0 radical (unpaired) electrons. The van der Waals surface area contributed by atoms with E-state index in [0.29, 0.717) is 12.2 Å². The summed E-state index contributed by atoms with van der Waals surface area (Å²) in [5.74, 6) is 1.75. The van der Waals surface area contributed by atoms with Gasteiger partial charge < -0.3 is 4.90 Å².